The molecule has 0 bridgehead atoms. The third kappa shape index (κ3) is 2.84. The van der Waals surface area contributed by atoms with Crippen LogP contribution in [0.15, 0.2) is 0 Å². The SMILES string of the molecule is CCCN(Cc1nnc(C)n1C)C1CCNC1. The van der Waals surface area contributed by atoms with Crippen LogP contribution in [0.1, 0.15) is 31.4 Å². The maximum atomic E-state index is 4.26. The van der Waals surface area contributed by atoms with E-state index in [1.165, 1.54) is 12.8 Å². The molecule has 0 aromatic carbocycles. The summed E-state index contributed by atoms with van der Waals surface area (Å²) in [7, 11) is 2.04. The van der Waals surface area contributed by atoms with E-state index in [0.717, 1.165) is 37.8 Å². The van der Waals surface area contributed by atoms with Gasteiger partial charge >= 0.3 is 0 Å². The predicted octanol–water partition coefficient (Wildman–Crippen LogP) is 0.697. The van der Waals surface area contributed by atoms with Gasteiger partial charge in [0.25, 0.3) is 0 Å². The molecule has 1 aliphatic rings. The number of hydrogen-bond acceptors (Lipinski definition) is 4. The summed E-state index contributed by atoms with van der Waals surface area (Å²) in [5.74, 6) is 2.06. The maximum absolute atomic E-state index is 4.26. The molecule has 1 aliphatic heterocycles. The van der Waals surface area contributed by atoms with Crippen LogP contribution in [-0.4, -0.2) is 45.3 Å². The molecule has 1 N–H and O–H groups in total. The number of aryl methyl sites for hydroxylation is 1. The summed E-state index contributed by atoms with van der Waals surface area (Å²) in [6.07, 6.45) is 2.43. The Bertz CT molecular complexity index is 354. The summed E-state index contributed by atoms with van der Waals surface area (Å²) in [5, 5.41) is 11.8. The number of nitrogens with one attached hydrogen (secondary N) is 1. The number of nitrogens with zero attached hydrogens (tertiary/aromatic N) is 4. The summed E-state index contributed by atoms with van der Waals surface area (Å²) >= 11 is 0. The summed E-state index contributed by atoms with van der Waals surface area (Å²) in [6, 6.07) is 0.659. The average Bonchev–Trinajstić information content (AvgIpc) is 2.93. The molecule has 1 aromatic rings. The molecule has 17 heavy (non-hydrogen) atoms. The molecular formula is C12H23N5. The summed E-state index contributed by atoms with van der Waals surface area (Å²) in [6.45, 7) is 8.53. The van der Waals surface area contributed by atoms with Gasteiger partial charge in [0.05, 0.1) is 6.54 Å². The highest BCUT2D eigenvalue weighted by atomic mass is 15.3. The fraction of sp³-hybridized carbons (Fsp3) is 0.833. The molecule has 0 radical (unpaired) electrons. The first kappa shape index (κ1) is 12.5. The molecule has 1 aromatic heterocycles. The van der Waals surface area contributed by atoms with Crippen LogP contribution in [0.25, 0.3) is 0 Å². The molecule has 1 unspecified atom stereocenters. The van der Waals surface area contributed by atoms with Gasteiger partial charge < -0.3 is 9.88 Å². The third-order valence-electron chi connectivity index (χ3n) is 3.59. The number of hydrogen-bond donors (Lipinski definition) is 1. The molecule has 1 atom stereocenters. The first-order valence-electron chi connectivity index (χ1n) is 6.52. The van der Waals surface area contributed by atoms with Crippen molar-refractivity contribution in [1.29, 1.82) is 0 Å². The van der Waals surface area contributed by atoms with Crippen molar-refractivity contribution in [2.24, 2.45) is 7.05 Å². The first-order valence-corrected chi connectivity index (χ1v) is 6.52. The Labute approximate surface area is 103 Å². The molecule has 2 rings (SSSR count). The Morgan fingerprint density at radius 2 is 2.29 bits per heavy atom. The Morgan fingerprint density at radius 3 is 2.82 bits per heavy atom. The summed E-state index contributed by atoms with van der Waals surface area (Å²) < 4.78 is 2.09. The Balaban J connectivity index is 2.04. The normalized spacial score (nSPS) is 20.4. The molecule has 0 amide bonds. The van der Waals surface area contributed by atoms with Gasteiger partial charge in [-0.05, 0) is 32.9 Å². The van der Waals surface area contributed by atoms with Crippen molar-refractivity contribution in [3.8, 4) is 0 Å². The molecule has 0 spiro atoms. The predicted molar refractivity (Wildman–Crippen MR) is 67.7 cm³/mol. The van der Waals surface area contributed by atoms with Crippen LogP contribution in [0.5, 0.6) is 0 Å². The molecule has 1 saturated heterocycles. The van der Waals surface area contributed by atoms with Crippen LogP contribution < -0.4 is 5.32 Å². The van der Waals surface area contributed by atoms with E-state index in [-0.39, 0.29) is 0 Å². The molecule has 0 aliphatic carbocycles. The van der Waals surface area contributed by atoms with Crippen LogP contribution >= 0.6 is 0 Å². The van der Waals surface area contributed by atoms with Gasteiger partial charge in [0, 0.05) is 19.6 Å². The second-order valence-electron chi connectivity index (χ2n) is 4.84. The van der Waals surface area contributed by atoms with Gasteiger partial charge in [-0.25, -0.2) is 0 Å². The highest BCUT2D eigenvalue weighted by Gasteiger charge is 2.23. The standard InChI is InChI=1S/C12H23N5/c1-4-7-17(11-5-6-13-8-11)9-12-15-14-10(2)16(12)3/h11,13H,4-9H2,1-3H3. The van der Waals surface area contributed by atoms with Crippen molar-refractivity contribution in [1.82, 2.24) is 25.0 Å². The van der Waals surface area contributed by atoms with Crippen LogP contribution in [0.2, 0.25) is 0 Å². The lowest BCUT2D eigenvalue weighted by Gasteiger charge is -2.27. The zero-order chi connectivity index (χ0) is 12.3. The van der Waals surface area contributed by atoms with E-state index in [1.54, 1.807) is 0 Å². The fourth-order valence-corrected chi connectivity index (χ4v) is 2.40. The van der Waals surface area contributed by atoms with Gasteiger partial charge in [0.2, 0.25) is 0 Å². The van der Waals surface area contributed by atoms with Crippen LogP contribution in [0.4, 0.5) is 0 Å². The molecule has 1 fully saturated rings. The minimum absolute atomic E-state index is 0.659. The Hall–Kier alpha value is -0.940. The lowest BCUT2D eigenvalue weighted by molar-refractivity contribution is 0.192. The lowest BCUT2D eigenvalue weighted by atomic mass is 10.2. The van der Waals surface area contributed by atoms with Crippen molar-refractivity contribution in [2.75, 3.05) is 19.6 Å². The van der Waals surface area contributed by atoms with Crippen molar-refractivity contribution in [2.45, 2.75) is 39.3 Å². The Kier molecular flexibility index (Phi) is 4.12. The molecule has 5 nitrogen and oxygen atoms in total. The molecule has 96 valence electrons. The first-order chi connectivity index (χ1) is 8.22. The van der Waals surface area contributed by atoms with Crippen molar-refractivity contribution < 1.29 is 0 Å². The minimum Gasteiger partial charge on any atom is -0.317 e. The number of rotatable bonds is 5. The quantitative estimate of drug-likeness (QED) is 0.819. The topological polar surface area (TPSA) is 46.0 Å². The molecule has 5 heteroatoms. The van der Waals surface area contributed by atoms with E-state index in [1.807, 2.05) is 14.0 Å². The smallest absolute Gasteiger partial charge is 0.146 e. The largest absolute Gasteiger partial charge is 0.317 e. The van der Waals surface area contributed by atoms with Crippen LogP contribution in [0, 0.1) is 6.92 Å². The third-order valence-corrected chi connectivity index (χ3v) is 3.59. The summed E-state index contributed by atoms with van der Waals surface area (Å²) in [4.78, 5) is 2.53. The maximum Gasteiger partial charge on any atom is 0.146 e. The molecule has 0 saturated carbocycles. The van der Waals surface area contributed by atoms with Gasteiger partial charge in [0.15, 0.2) is 0 Å². The average molecular weight is 237 g/mol. The van der Waals surface area contributed by atoms with Gasteiger partial charge in [-0.1, -0.05) is 6.92 Å². The zero-order valence-electron chi connectivity index (χ0n) is 11.1. The second-order valence-corrected chi connectivity index (χ2v) is 4.84. The highest BCUT2D eigenvalue weighted by molar-refractivity contribution is 4.94. The van der Waals surface area contributed by atoms with E-state index in [9.17, 15) is 0 Å². The highest BCUT2D eigenvalue weighted by Crippen LogP contribution is 2.13. The van der Waals surface area contributed by atoms with E-state index in [4.69, 9.17) is 0 Å². The van der Waals surface area contributed by atoms with Gasteiger partial charge in [0.1, 0.15) is 11.6 Å². The van der Waals surface area contributed by atoms with Crippen molar-refractivity contribution >= 4 is 0 Å². The van der Waals surface area contributed by atoms with E-state index < -0.39 is 0 Å². The van der Waals surface area contributed by atoms with Crippen molar-refractivity contribution in [3.63, 3.8) is 0 Å². The second kappa shape index (κ2) is 5.60. The molecular weight excluding hydrogens is 214 g/mol. The lowest BCUT2D eigenvalue weighted by Crippen LogP contribution is -2.37. The van der Waals surface area contributed by atoms with Gasteiger partial charge in [-0.15, -0.1) is 10.2 Å². The van der Waals surface area contributed by atoms with Crippen LogP contribution in [0.3, 0.4) is 0 Å². The van der Waals surface area contributed by atoms with E-state index >= 15 is 0 Å². The van der Waals surface area contributed by atoms with Gasteiger partial charge in [-0.2, -0.15) is 0 Å². The fourth-order valence-electron chi connectivity index (χ4n) is 2.40. The Morgan fingerprint density at radius 1 is 1.47 bits per heavy atom. The number of aromatic nitrogens is 3. The van der Waals surface area contributed by atoms with E-state index in [0.29, 0.717) is 6.04 Å². The monoisotopic (exact) mass is 237 g/mol. The molecule has 2 heterocycles. The minimum atomic E-state index is 0.659. The zero-order valence-corrected chi connectivity index (χ0v) is 11.1. The van der Waals surface area contributed by atoms with Crippen molar-refractivity contribution in [3.05, 3.63) is 11.6 Å². The summed E-state index contributed by atoms with van der Waals surface area (Å²) in [5.41, 5.74) is 0. The van der Waals surface area contributed by atoms with Gasteiger partial charge in [-0.3, -0.25) is 4.90 Å². The van der Waals surface area contributed by atoms with E-state index in [2.05, 4.69) is 31.9 Å². The van der Waals surface area contributed by atoms with Crippen LogP contribution in [-0.2, 0) is 13.6 Å².